The molecule has 0 aliphatic heterocycles. The normalized spacial score (nSPS) is 30.1. The highest BCUT2D eigenvalue weighted by atomic mass is 35.5. The van der Waals surface area contributed by atoms with Gasteiger partial charge in [0.25, 0.3) is 5.91 Å². The van der Waals surface area contributed by atoms with Crippen LogP contribution in [0.2, 0.25) is 0 Å². The standard InChI is InChI=1S/C19H23Cl2NO3/c1-17(2,13-9-10-18(3)14(11-13)19(18,20)21)25-16(24)22-15(23)12-7-5-4-6-8-12/h4-8,13-14H,9-11H2,1-3H3,(H,22,23,24)/t13-,14+,18+/m1/s1. The van der Waals surface area contributed by atoms with Gasteiger partial charge in [0.05, 0.1) is 0 Å². The van der Waals surface area contributed by atoms with Crippen LogP contribution in [-0.2, 0) is 4.74 Å². The predicted molar refractivity (Wildman–Crippen MR) is 97.8 cm³/mol. The van der Waals surface area contributed by atoms with E-state index in [1.165, 1.54) is 0 Å². The summed E-state index contributed by atoms with van der Waals surface area (Å²) in [6.45, 7) is 5.87. The summed E-state index contributed by atoms with van der Waals surface area (Å²) in [5.41, 5.74) is -0.319. The molecule has 2 aliphatic rings. The molecule has 3 atom stereocenters. The quantitative estimate of drug-likeness (QED) is 0.751. The minimum absolute atomic E-state index is 0.0335. The molecule has 2 amide bonds. The Bertz CT molecular complexity index is 689. The molecule has 2 saturated carbocycles. The van der Waals surface area contributed by atoms with Gasteiger partial charge < -0.3 is 4.74 Å². The third-order valence-corrected chi connectivity index (χ3v) is 7.40. The minimum atomic E-state index is -0.731. The number of halogens is 2. The maximum Gasteiger partial charge on any atom is 0.414 e. The molecule has 0 saturated heterocycles. The Morgan fingerprint density at radius 3 is 2.48 bits per heavy atom. The molecule has 1 N–H and O–H groups in total. The highest BCUT2D eigenvalue weighted by Gasteiger charge is 2.74. The molecular weight excluding hydrogens is 361 g/mol. The van der Waals surface area contributed by atoms with E-state index >= 15 is 0 Å². The lowest BCUT2D eigenvalue weighted by Crippen LogP contribution is -2.43. The van der Waals surface area contributed by atoms with E-state index < -0.39 is 21.9 Å². The maximum absolute atomic E-state index is 12.2. The fraction of sp³-hybridized carbons (Fsp3) is 0.579. The molecule has 4 nitrogen and oxygen atoms in total. The highest BCUT2D eigenvalue weighted by molar-refractivity contribution is 6.51. The van der Waals surface area contributed by atoms with Crippen molar-refractivity contribution in [3.63, 3.8) is 0 Å². The zero-order valence-electron chi connectivity index (χ0n) is 14.6. The lowest BCUT2D eigenvalue weighted by molar-refractivity contribution is -0.0226. The van der Waals surface area contributed by atoms with E-state index in [-0.39, 0.29) is 17.3 Å². The number of fused-ring (bicyclic) bond motifs is 1. The highest BCUT2D eigenvalue weighted by Crippen LogP contribution is 2.75. The number of amides is 2. The fourth-order valence-corrected chi connectivity index (χ4v) is 5.04. The van der Waals surface area contributed by atoms with Crippen LogP contribution in [0.3, 0.4) is 0 Å². The molecule has 25 heavy (non-hydrogen) atoms. The van der Waals surface area contributed by atoms with E-state index in [1.807, 2.05) is 13.8 Å². The van der Waals surface area contributed by atoms with Crippen LogP contribution in [0.15, 0.2) is 30.3 Å². The van der Waals surface area contributed by atoms with Gasteiger partial charge >= 0.3 is 6.09 Å². The molecule has 0 radical (unpaired) electrons. The Hall–Kier alpha value is -1.26. The number of hydrogen-bond donors (Lipinski definition) is 1. The second-order valence-corrected chi connectivity index (χ2v) is 9.26. The first-order chi connectivity index (χ1) is 11.6. The van der Waals surface area contributed by atoms with E-state index in [9.17, 15) is 9.59 Å². The number of nitrogens with one attached hydrogen (secondary N) is 1. The Morgan fingerprint density at radius 2 is 1.88 bits per heavy atom. The van der Waals surface area contributed by atoms with E-state index in [0.29, 0.717) is 5.56 Å². The van der Waals surface area contributed by atoms with Gasteiger partial charge in [0.15, 0.2) is 0 Å². The Balaban J connectivity index is 1.58. The van der Waals surface area contributed by atoms with Crippen molar-refractivity contribution in [1.82, 2.24) is 5.32 Å². The molecule has 1 aromatic rings. The summed E-state index contributed by atoms with van der Waals surface area (Å²) >= 11 is 12.8. The molecule has 0 unspecified atom stereocenters. The summed E-state index contributed by atoms with van der Waals surface area (Å²) in [6, 6.07) is 8.57. The Kier molecular flexibility index (Phi) is 4.57. The topological polar surface area (TPSA) is 55.4 Å². The minimum Gasteiger partial charge on any atom is -0.443 e. The molecule has 2 aliphatic carbocycles. The molecular formula is C19H23Cl2NO3. The first-order valence-corrected chi connectivity index (χ1v) is 9.31. The van der Waals surface area contributed by atoms with Gasteiger partial charge in [-0.1, -0.05) is 25.1 Å². The average Bonchev–Trinajstić information content (AvgIpc) is 2.99. The number of imide groups is 1. The van der Waals surface area contributed by atoms with E-state index in [0.717, 1.165) is 19.3 Å². The SMILES string of the molecule is CC(C)(OC(=O)NC(=O)c1ccccc1)[C@@H]1CC[C@@]2(C)[C@H](C1)C2(Cl)Cl. The van der Waals surface area contributed by atoms with E-state index in [4.69, 9.17) is 27.9 Å². The number of alkyl carbamates (subject to hydrolysis) is 1. The predicted octanol–water partition coefficient (Wildman–Crippen LogP) is 4.94. The van der Waals surface area contributed by atoms with Crippen molar-refractivity contribution in [2.24, 2.45) is 17.3 Å². The van der Waals surface area contributed by atoms with Crippen LogP contribution >= 0.6 is 23.2 Å². The summed E-state index contributed by atoms with van der Waals surface area (Å²) in [7, 11) is 0. The molecule has 0 aromatic heterocycles. The third-order valence-electron chi connectivity index (χ3n) is 6.01. The second-order valence-electron chi connectivity index (χ2n) is 7.88. The van der Waals surface area contributed by atoms with Gasteiger partial charge in [-0.15, -0.1) is 23.2 Å². The first kappa shape index (κ1) is 18.5. The molecule has 6 heteroatoms. The van der Waals surface area contributed by atoms with Crippen molar-refractivity contribution in [3.8, 4) is 0 Å². The van der Waals surface area contributed by atoms with Crippen LogP contribution in [-0.4, -0.2) is 21.9 Å². The van der Waals surface area contributed by atoms with Crippen LogP contribution < -0.4 is 5.32 Å². The zero-order chi connectivity index (χ0) is 18.5. The average molecular weight is 384 g/mol. The number of hydrogen-bond acceptors (Lipinski definition) is 3. The first-order valence-electron chi connectivity index (χ1n) is 8.55. The van der Waals surface area contributed by atoms with Crippen LogP contribution in [0.1, 0.15) is 50.4 Å². The van der Waals surface area contributed by atoms with Crippen LogP contribution in [0, 0.1) is 17.3 Å². The fourth-order valence-electron chi connectivity index (χ4n) is 4.03. The van der Waals surface area contributed by atoms with Crippen molar-refractivity contribution in [2.45, 2.75) is 50.0 Å². The number of carbonyl (C=O) groups excluding carboxylic acids is 2. The van der Waals surface area contributed by atoms with Gasteiger partial charge in [0.1, 0.15) is 9.93 Å². The van der Waals surface area contributed by atoms with Gasteiger partial charge in [-0.2, -0.15) is 0 Å². The maximum atomic E-state index is 12.2. The monoisotopic (exact) mass is 383 g/mol. The van der Waals surface area contributed by atoms with Crippen molar-refractivity contribution < 1.29 is 14.3 Å². The molecule has 0 spiro atoms. The molecule has 3 rings (SSSR count). The molecule has 0 heterocycles. The lowest BCUT2D eigenvalue weighted by atomic mass is 9.75. The second kappa shape index (κ2) is 6.17. The Labute approximate surface area is 158 Å². The van der Waals surface area contributed by atoms with Crippen LogP contribution in [0.25, 0.3) is 0 Å². The summed E-state index contributed by atoms with van der Waals surface area (Å²) in [5.74, 6) is -0.0955. The van der Waals surface area contributed by atoms with Gasteiger partial charge in [-0.3, -0.25) is 10.1 Å². The summed E-state index contributed by atoms with van der Waals surface area (Å²) < 4.78 is 4.90. The Morgan fingerprint density at radius 1 is 1.24 bits per heavy atom. The van der Waals surface area contributed by atoms with Crippen LogP contribution in [0.4, 0.5) is 4.79 Å². The third kappa shape index (κ3) is 3.26. The van der Waals surface area contributed by atoms with Crippen molar-refractivity contribution in [1.29, 1.82) is 0 Å². The molecule has 1 aromatic carbocycles. The largest absolute Gasteiger partial charge is 0.443 e. The lowest BCUT2D eigenvalue weighted by Gasteiger charge is -2.37. The van der Waals surface area contributed by atoms with Gasteiger partial charge in [-0.25, -0.2) is 4.79 Å². The molecule has 0 bridgehead atoms. The summed E-state index contributed by atoms with van der Waals surface area (Å²) in [5, 5.41) is 2.28. The number of carbonyl (C=O) groups is 2. The van der Waals surface area contributed by atoms with Gasteiger partial charge in [0, 0.05) is 16.9 Å². The number of benzene rings is 1. The summed E-state index contributed by atoms with van der Waals surface area (Å²) in [4.78, 5) is 24.2. The number of rotatable bonds is 3. The van der Waals surface area contributed by atoms with E-state index in [1.54, 1.807) is 30.3 Å². The molecule has 2 fully saturated rings. The smallest absolute Gasteiger partial charge is 0.414 e. The van der Waals surface area contributed by atoms with Gasteiger partial charge in [-0.05, 0) is 51.2 Å². The summed E-state index contributed by atoms with van der Waals surface area (Å²) in [6.07, 6.45) is 1.88. The van der Waals surface area contributed by atoms with E-state index in [2.05, 4.69) is 12.2 Å². The van der Waals surface area contributed by atoms with Crippen molar-refractivity contribution in [2.75, 3.05) is 0 Å². The molecule has 136 valence electrons. The zero-order valence-corrected chi connectivity index (χ0v) is 16.2. The van der Waals surface area contributed by atoms with Gasteiger partial charge in [0.2, 0.25) is 0 Å². The number of alkyl halides is 2. The number of ether oxygens (including phenoxy) is 1. The van der Waals surface area contributed by atoms with Crippen molar-refractivity contribution in [3.05, 3.63) is 35.9 Å². The van der Waals surface area contributed by atoms with Crippen molar-refractivity contribution >= 4 is 35.2 Å². The van der Waals surface area contributed by atoms with Crippen LogP contribution in [0.5, 0.6) is 0 Å².